The second kappa shape index (κ2) is 5.39. The molecule has 106 valence electrons. The molecular weight excluding hydrogens is 272 g/mol. The molecule has 0 saturated heterocycles. The predicted molar refractivity (Wildman–Crippen MR) is 63.7 cm³/mol. The van der Waals surface area contributed by atoms with E-state index in [4.69, 9.17) is 20.4 Å². The van der Waals surface area contributed by atoms with Gasteiger partial charge in [-0.05, 0) is 18.1 Å². The van der Waals surface area contributed by atoms with Gasteiger partial charge in [-0.1, -0.05) is 6.92 Å². The van der Waals surface area contributed by atoms with Crippen LogP contribution in [0.5, 0.6) is 0 Å². The molecule has 0 bridgehead atoms. The van der Waals surface area contributed by atoms with Crippen LogP contribution in [-0.2, 0) is 6.42 Å². The van der Waals surface area contributed by atoms with Gasteiger partial charge in [-0.15, -0.1) is 0 Å². The van der Waals surface area contributed by atoms with E-state index in [1.165, 1.54) is 6.92 Å². The highest BCUT2D eigenvalue weighted by Gasteiger charge is 2.29. The van der Waals surface area contributed by atoms with Gasteiger partial charge in [-0.3, -0.25) is 0 Å². The van der Waals surface area contributed by atoms with Gasteiger partial charge in [0.2, 0.25) is 0 Å². The molecule has 8 nitrogen and oxygen atoms in total. The highest BCUT2D eigenvalue weighted by Crippen LogP contribution is 2.25. The van der Waals surface area contributed by atoms with Crippen molar-refractivity contribution in [1.82, 2.24) is 0 Å². The number of benzene rings is 1. The van der Waals surface area contributed by atoms with Gasteiger partial charge in [-0.2, -0.15) is 0 Å². The van der Waals surface area contributed by atoms with E-state index in [1.54, 1.807) is 0 Å². The molecule has 0 radical (unpaired) electrons. The average molecular weight is 282 g/mol. The molecule has 1 aromatic rings. The van der Waals surface area contributed by atoms with E-state index in [-0.39, 0.29) is 12.0 Å². The van der Waals surface area contributed by atoms with Gasteiger partial charge < -0.3 is 20.4 Å². The molecule has 0 amide bonds. The lowest BCUT2D eigenvalue weighted by Gasteiger charge is -2.13. The SMILES string of the molecule is CCc1c(C(=O)O)c(C(=O)O)cc(C(=O)O)c1C(=O)O. The van der Waals surface area contributed by atoms with Crippen LogP contribution in [-0.4, -0.2) is 44.3 Å². The molecule has 0 aromatic heterocycles. The van der Waals surface area contributed by atoms with Gasteiger partial charge >= 0.3 is 23.9 Å². The van der Waals surface area contributed by atoms with Crippen LogP contribution in [0.25, 0.3) is 0 Å². The minimum atomic E-state index is -1.64. The summed E-state index contributed by atoms with van der Waals surface area (Å²) in [6, 6.07) is 0.552. The molecule has 0 spiro atoms. The normalized spacial score (nSPS) is 10.1. The summed E-state index contributed by atoms with van der Waals surface area (Å²) in [7, 11) is 0. The Kier molecular flexibility index (Phi) is 4.08. The van der Waals surface area contributed by atoms with E-state index in [0.29, 0.717) is 6.07 Å². The van der Waals surface area contributed by atoms with Crippen molar-refractivity contribution in [1.29, 1.82) is 0 Å². The maximum absolute atomic E-state index is 11.2. The van der Waals surface area contributed by atoms with Crippen molar-refractivity contribution in [3.8, 4) is 0 Å². The molecule has 1 aromatic carbocycles. The molecular formula is C12H10O8. The Morgan fingerprint density at radius 1 is 0.800 bits per heavy atom. The fraction of sp³-hybridized carbons (Fsp3) is 0.167. The van der Waals surface area contributed by atoms with Crippen LogP contribution in [0, 0.1) is 0 Å². The van der Waals surface area contributed by atoms with Gasteiger partial charge in [0.25, 0.3) is 0 Å². The van der Waals surface area contributed by atoms with E-state index in [2.05, 4.69) is 0 Å². The summed E-state index contributed by atoms with van der Waals surface area (Å²) < 4.78 is 0. The van der Waals surface area contributed by atoms with Crippen molar-refractivity contribution in [3.63, 3.8) is 0 Å². The highest BCUT2D eigenvalue weighted by molar-refractivity contribution is 6.10. The lowest BCUT2D eigenvalue weighted by Crippen LogP contribution is -2.20. The molecule has 0 atom stereocenters. The smallest absolute Gasteiger partial charge is 0.336 e. The summed E-state index contributed by atoms with van der Waals surface area (Å²) in [5, 5.41) is 36.1. The van der Waals surface area contributed by atoms with Crippen LogP contribution in [0.4, 0.5) is 0 Å². The zero-order chi connectivity index (χ0) is 15.6. The lowest BCUT2D eigenvalue weighted by molar-refractivity contribution is 0.0635. The van der Waals surface area contributed by atoms with Crippen molar-refractivity contribution >= 4 is 23.9 Å². The van der Waals surface area contributed by atoms with E-state index >= 15 is 0 Å². The van der Waals surface area contributed by atoms with Gasteiger partial charge in [0.05, 0.1) is 22.3 Å². The number of carbonyl (C=O) groups is 4. The van der Waals surface area contributed by atoms with Gasteiger partial charge in [-0.25, -0.2) is 19.2 Å². The fourth-order valence-corrected chi connectivity index (χ4v) is 1.92. The van der Waals surface area contributed by atoms with Gasteiger partial charge in [0.15, 0.2) is 0 Å². The Morgan fingerprint density at radius 2 is 1.15 bits per heavy atom. The van der Waals surface area contributed by atoms with Crippen LogP contribution in [0.1, 0.15) is 53.9 Å². The second-order valence-corrected chi connectivity index (χ2v) is 3.77. The second-order valence-electron chi connectivity index (χ2n) is 3.77. The van der Waals surface area contributed by atoms with Crippen molar-refractivity contribution < 1.29 is 39.6 Å². The molecule has 0 saturated carbocycles. The zero-order valence-electron chi connectivity index (χ0n) is 10.2. The van der Waals surface area contributed by atoms with Crippen molar-refractivity contribution in [2.75, 3.05) is 0 Å². The third kappa shape index (κ3) is 2.44. The van der Waals surface area contributed by atoms with Crippen LogP contribution in [0.2, 0.25) is 0 Å². The summed E-state index contributed by atoms with van der Waals surface area (Å²) in [4.78, 5) is 44.4. The maximum Gasteiger partial charge on any atom is 0.336 e. The molecule has 1 rings (SSSR count). The lowest BCUT2D eigenvalue weighted by atomic mass is 9.90. The summed E-state index contributed by atoms with van der Waals surface area (Å²) in [6.07, 6.45) is -0.134. The highest BCUT2D eigenvalue weighted by atomic mass is 16.4. The first-order valence-electron chi connectivity index (χ1n) is 5.35. The molecule has 0 aliphatic heterocycles. The average Bonchev–Trinajstić information content (AvgIpc) is 2.34. The Bertz CT molecular complexity index is 579. The Hall–Kier alpha value is -2.90. The van der Waals surface area contributed by atoms with E-state index in [1.807, 2.05) is 0 Å². The number of hydrogen-bond donors (Lipinski definition) is 4. The fourth-order valence-electron chi connectivity index (χ4n) is 1.92. The Morgan fingerprint density at radius 3 is 1.35 bits per heavy atom. The molecule has 0 fully saturated rings. The third-order valence-electron chi connectivity index (χ3n) is 2.67. The molecule has 8 heteroatoms. The first-order chi connectivity index (χ1) is 9.22. The first-order valence-corrected chi connectivity index (χ1v) is 5.35. The van der Waals surface area contributed by atoms with E-state index < -0.39 is 46.1 Å². The summed E-state index contributed by atoms with van der Waals surface area (Å²) in [5.41, 5.74) is -3.25. The number of carboxylic acid groups (broad SMARTS) is 4. The van der Waals surface area contributed by atoms with Crippen LogP contribution < -0.4 is 0 Å². The maximum atomic E-state index is 11.2. The predicted octanol–water partition coefficient (Wildman–Crippen LogP) is 1.04. The molecule has 20 heavy (non-hydrogen) atoms. The number of carboxylic acids is 4. The topological polar surface area (TPSA) is 149 Å². The van der Waals surface area contributed by atoms with E-state index in [9.17, 15) is 19.2 Å². The summed E-state index contributed by atoms with van der Waals surface area (Å²) >= 11 is 0. The van der Waals surface area contributed by atoms with Crippen LogP contribution >= 0.6 is 0 Å². The Balaban J connectivity index is 3.99. The molecule has 0 heterocycles. The molecule has 0 aliphatic carbocycles. The molecule has 0 unspecified atom stereocenters. The van der Waals surface area contributed by atoms with Crippen molar-refractivity contribution in [2.24, 2.45) is 0 Å². The number of rotatable bonds is 5. The number of aromatic carboxylic acids is 4. The van der Waals surface area contributed by atoms with Crippen LogP contribution in [0.15, 0.2) is 6.07 Å². The molecule has 0 aliphatic rings. The quantitative estimate of drug-likeness (QED) is 0.625. The van der Waals surface area contributed by atoms with Crippen molar-refractivity contribution in [2.45, 2.75) is 13.3 Å². The molecule has 4 N–H and O–H groups in total. The van der Waals surface area contributed by atoms with Gasteiger partial charge in [0.1, 0.15) is 0 Å². The standard InChI is InChI=1S/C12H10O8/c1-2-4-7(11(17)18)5(9(13)14)3-6(10(15)16)8(4)12(19)20/h3H,2H2,1H3,(H,13,14)(H,15,16)(H,17,18)(H,19,20). The monoisotopic (exact) mass is 282 g/mol. The van der Waals surface area contributed by atoms with E-state index in [0.717, 1.165) is 0 Å². The third-order valence-corrected chi connectivity index (χ3v) is 2.67. The minimum absolute atomic E-state index is 0.134. The Labute approximate surface area is 111 Å². The number of hydrogen-bond acceptors (Lipinski definition) is 4. The largest absolute Gasteiger partial charge is 0.478 e. The summed E-state index contributed by atoms with van der Waals surface area (Å²) in [6.45, 7) is 1.41. The minimum Gasteiger partial charge on any atom is -0.478 e. The van der Waals surface area contributed by atoms with Crippen molar-refractivity contribution in [3.05, 3.63) is 33.9 Å². The van der Waals surface area contributed by atoms with Gasteiger partial charge in [0, 0.05) is 0 Å². The summed E-state index contributed by atoms with van der Waals surface area (Å²) in [5.74, 6) is -6.54. The van der Waals surface area contributed by atoms with Crippen LogP contribution in [0.3, 0.4) is 0 Å². The zero-order valence-corrected chi connectivity index (χ0v) is 10.2. The first kappa shape index (κ1) is 15.2.